The van der Waals surface area contributed by atoms with Crippen molar-refractivity contribution in [2.24, 2.45) is 0 Å². The number of nitrogens with zero attached hydrogens (tertiary/aromatic N) is 3. The van der Waals surface area contributed by atoms with Crippen LogP contribution in [0.3, 0.4) is 0 Å². The molecule has 3 heterocycles. The molecular weight excluding hydrogens is 378 g/mol. The van der Waals surface area contributed by atoms with Crippen molar-refractivity contribution in [2.75, 3.05) is 5.32 Å². The van der Waals surface area contributed by atoms with Crippen LogP contribution in [0.15, 0.2) is 48.8 Å². The quantitative estimate of drug-likeness (QED) is 0.490. The van der Waals surface area contributed by atoms with E-state index < -0.39 is 17.9 Å². The van der Waals surface area contributed by atoms with E-state index in [4.69, 9.17) is 0 Å². The number of carbonyl (C=O) groups is 1. The van der Waals surface area contributed by atoms with Crippen molar-refractivity contribution in [3.63, 3.8) is 0 Å². The maximum Gasteiger partial charge on any atom is 0.270 e. The van der Waals surface area contributed by atoms with E-state index >= 15 is 0 Å². The van der Waals surface area contributed by atoms with E-state index in [-0.39, 0.29) is 18.5 Å². The van der Waals surface area contributed by atoms with Gasteiger partial charge in [0.2, 0.25) is 0 Å². The van der Waals surface area contributed by atoms with Crippen molar-refractivity contribution in [3.8, 4) is 0 Å². The lowest BCUT2D eigenvalue weighted by Gasteiger charge is -2.35. The molecule has 0 unspecified atom stereocenters. The lowest BCUT2D eigenvalue weighted by molar-refractivity contribution is -0.0901. The maximum atomic E-state index is 13.0. The maximum absolute atomic E-state index is 13.0. The normalized spacial score (nSPS) is 15.9. The Morgan fingerprint density at radius 2 is 1.97 bits per heavy atom. The molecule has 0 bridgehead atoms. The second kappa shape index (κ2) is 6.47. The Balaban J connectivity index is 1.40. The molecule has 0 spiro atoms. The number of anilines is 2. The fourth-order valence-corrected chi connectivity index (χ4v) is 3.54. The number of hydrogen-bond donors (Lipinski definition) is 3. The number of hydrogen-bond acceptors (Lipinski definition) is 5. The lowest BCUT2D eigenvalue weighted by atomic mass is 9.88. The summed E-state index contributed by atoms with van der Waals surface area (Å²) in [7, 11) is 0. The third-order valence-corrected chi connectivity index (χ3v) is 5.00. The highest BCUT2D eigenvalue weighted by molar-refractivity contribution is 6.06. The minimum atomic E-state index is -2.68. The summed E-state index contributed by atoms with van der Waals surface area (Å²) >= 11 is 0. The molecule has 0 radical (unpaired) electrons. The molecule has 1 fully saturated rings. The highest BCUT2D eigenvalue weighted by Crippen LogP contribution is 2.37. The number of pyridine rings is 2. The average Bonchev–Trinajstić information content (AvgIpc) is 3.09. The van der Waals surface area contributed by atoms with Crippen LogP contribution in [-0.2, 0) is 0 Å². The standard InChI is InChI=1S/C20H16F2N6O/c21-20(22)9-13(10-20)26-19(29)16-14-4-3-12(8-11(14)5-7-23-16)25-18-15-2-1-6-24-17(15)27-28-18/h1-8,13H,9-10H2,(H,26,29)(H2,24,25,27,28). The van der Waals surface area contributed by atoms with Gasteiger partial charge in [0.1, 0.15) is 11.5 Å². The number of nitrogens with one attached hydrogen (secondary N) is 3. The van der Waals surface area contributed by atoms with Crippen LogP contribution >= 0.6 is 0 Å². The second-order valence-corrected chi connectivity index (χ2v) is 7.13. The number of fused-ring (bicyclic) bond motifs is 2. The monoisotopic (exact) mass is 394 g/mol. The Kier molecular flexibility index (Phi) is 3.90. The molecule has 4 aromatic rings. The first-order valence-corrected chi connectivity index (χ1v) is 9.12. The number of halogens is 2. The molecule has 5 rings (SSSR count). The Bertz CT molecular complexity index is 1230. The van der Waals surface area contributed by atoms with Gasteiger partial charge in [-0.05, 0) is 41.8 Å². The Morgan fingerprint density at radius 1 is 1.10 bits per heavy atom. The predicted octanol–water partition coefficient (Wildman–Crippen LogP) is 3.78. The molecule has 146 valence electrons. The predicted molar refractivity (Wildman–Crippen MR) is 104 cm³/mol. The van der Waals surface area contributed by atoms with E-state index in [0.717, 1.165) is 16.5 Å². The summed E-state index contributed by atoms with van der Waals surface area (Å²) in [5.74, 6) is -2.41. The van der Waals surface area contributed by atoms with Crippen LogP contribution in [0.5, 0.6) is 0 Å². The summed E-state index contributed by atoms with van der Waals surface area (Å²) in [5, 5.41) is 15.3. The minimum absolute atomic E-state index is 0.223. The summed E-state index contributed by atoms with van der Waals surface area (Å²) < 4.78 is 26.0. The summed E-state index contributed by atoms with van der Waals surface area (Å²) in [5.41, 5.74) is 1.63. The van der Waals surface area contributed by atoms with E-state index in [0.29, 0.717) is 16.9 Å². The molecule has 0 atom stereocenters. The number of aromatic nitrogens is 4. The van der Waals surface area contributed by atoms with Gasteiger partial charge in [-0.15, -0.1) is 0 Å². The Morgan fingerprint density at radius 3 is 2.79 bits per heavy atom. The van der Waals surface area contributed by atoms with Crippen molar-refractivity contribution in [1.82, 2.24) is 25.5 Å². The van der Waals surface area contributed by atoms with Crippen molar-refractivity contribution >= 4 is 39.2 Å². The number of alkyl halides is 2. The first-order chi connectivity index (χ1) is 14.0. The largest absolute Gasteiger partial charge is 0.347 e. The highest BCUT2D eigenvalue weighted by atomic mass is 19.3. The van der Waals surface area contributed by atoms with Gasteiger partial charge < -0.3 is 10.6 Å². The van der Waals surface area contributed by atoms with E-state index in [2.05, 4.69) is 30.8 Å². The summed E-state index contributed by atoms with van der Waals surface area (Å²) in [4.78, 5) is 20.8. The number of H-pyrrole nitrogens is 1. The molecule has 1 aliphatic carbocycles. The zero-order valence-corrected chi connectivity index (χ0v) is 15.1. The molecule has 7 nitrogen and oxygen atoms in total. The molecule has 1 saturated carbocycles. The first-order valence-electron chi connectivity index (χ1n) is 9.12. The fourth-order valence-electron chi connectivity index (χ4n) is 3.54. The SMILES string of the molecule is O=C(NC1CC(F)(F)C1)c1nccc2cc(Nc3[nH]nc4ncccc34)ccc12. The molecule has 1 aromatic carbocycles. The third-order valence-electron chi connectivity index (χ3n) is 5.00. The van der Waals surface area contributed by atoms with Crippen molar-refractivity contribution in [2.45, 2.75) is 24.8 Å². The fraction of sp³-hybridized carbons (Fsp3) is 0.200. The molecule has 0 aliphatic heterocycles. The first kappa shape index (κ1) is 17.5. The zero-order valence-electron chi connectivity index (χ0n) is 15.1. The van der Waals surface area contributed by atoms with Crippen LogP contribution in [-0.4, -0.2) is 38.0 Å². The molecule has 0 saturated heterocycles. The Labute approximate surface area is 163 Å². The van der Waals surface area contributed by atoms with Crippen LogP contribution < -0.4 is 10.6 Å². The van der Waals surface area contributed by atoms with Crippen molar-refractivity contribution < 1.29 is 13.6 Å². The number of carbonyl (C=O) groups excluding carboxylic acids is 1. The molecular formula is C20H16F2N6O. The van der Waals surface area contributed by atoms with Gasteiger partial charge in [-0.1, -0.05) is 0 Å². The van der Waals surface area contributed by atoms with Gasteiger partial charge in [-0.2, -0.15) is 5.10 Å². The smallest absolute Gasteiger partial charge is 0.270 e. The Hall–Kier alpha value is -3.62. The number of amides is 1. The van der Waals surface area contributed by atoms with Crippen LogP contribution in [0, 0.1) is 0 Å². The molecule has 1 amide bonds. The van der Waals surface area contributed by atoms with Crippen LogP contribution in [0.4, 0.5) is 20.3 Å². The number of benzene rings is 1. The topological polar surface area (TPSA) is 95.6 Å². The second-order valence-electron chi connectivity index (χ2n) is 7.13. The van der Waals surface area contributed by atoms with Gasteiger partial charge in [0.05, 0.1) is 5.39 Å². The lowest BCUT2D eigenvalue weighted by Crippen LogP contribution is -2.50. The minimum Gasteiger partial charge on any atom is -0.347 e. The number of rotatable bonds is 4. The zero-order chi connectivity index (χ0) is 20.0. The van der Waals surface area contributed by atoms with Crippen LogP contribution in [0.25, 0.3) is 21.8 Å². The average molecular weight is 394 g/mol. The van der Waals surface area contributed by atoms with Gasteiger partial charge >= 0.3 is 0 Å². The summed E-state index contributed by atoms with van der Waals surface area (Å²) in [6.45, 7) is 0. The summed E-state index contributed by atoms with van der Waals surface area (Å²) in [6, 6.07) is 10.5. The van der Waals surface area contributed by atoms with E-state index in [9.17, 15) is 13.6 Å². The molecule has 1 aliphatic rings. The molecule has 9 heteroatoms. The third kappa shape index (κ3) is 3.24. The van der Waals surface area contributed by atoms with E-state index in [1.807, 2.05) is 24.3 Å². The highest BCUT2D eigenvalue weighted by Gasteiger charge is 2.46. The van der Waals surface area contributed by atoms with Gasteiger partial charge in [-0.25, -0.2) is 13.8 Å². The van der Waals surface area contributed by atoms with Crippen molar-refractivity contribution in [1.29, 1.82) is 0 Å². The molecule has 3 aromatic heterocycles. The number of aromatic amines is 1. The van der Waals surface area contributed by atoms with Crippen molar-refractivity contribution in [3.05, 3.63) is 54.5 Å². The van der Waals surface area contributed by atoms with Crippen LogP contribution in [0.1, 0.15) is 23.3 Å². The summed E-state index contributed by atoms with van der Waals surface area (Å²) in [6.07, 6.45) is 2.55. The van der Waals surface area contributed by atoms with E-state index in [1.165, 1.54) is 6.20 Å². The van der Waals surface area contributed by atoms with E-state index in [1.54, 1.807) is 18.3 Å². The molecule has 3 N–H and O–H groups in total. The van der Waals surface area contributed by atoms with Crippen LogP contribution in [0.2, 0.25) is 0 Å². The van der Waals surface area contributed by atoms with Gasteiger partial charge in [-0.3, -0.25) is 14.9 Å². The van der Waals surface area contributed by atoms with Gasteiger partial charge in [0.15, 0.2) is 5.65 Å². The van der Waals surface area contributed by atoms with Gasteiger partial charge in [0, 0.05) is 42.4 Å². The van der Waals surface area contributed by atoms with Gasteiger partial charge in [0.25, 0.3) is 11.8 Å². The molecule has 29 heavy (non-hydrogen) atoms.